The van der Waals surface area contributed by atoms with Crippen LogP contribution in [-0.2, 0) is 0 Å². The fourth-order valence-electron chi connectivity index (χ4n) is 4.28. The molecule has 0 saturated carbocycles. The van der Waals surface area contributed by atoms with E-state index in [1.807, 2.05) is 17.4 Å². The summed E-state index contributed by atoms with van der Waals surface area (Å²) < 4.78 is 2.61. The second-order valence-electron chi connectivity index (χ2n) is 8.04. The lowest BCUT2D eigenvalue weighted by Gasteiger charge is -2.06. The number of thiophene rings is 1. The van der Waals surface area contributed by atoms with Crippen molar-refractivity contribution in [2.24, 2.45) is 0 Å². The minimum atomic E-state index is 0.571. The highest BCUT2D eigenvalue weighted by Crippen LogP contribution is 2.38. The summed E-state index contributed by atoms with van der Waals surface area (Å²) in [6.45, 7) is 0. The van der Waals surface area contributed by atoms with Gasteiger partial charge in [0.15, 0.2) is 0 Å². The maximum Gasteiger partial charge on any atom is 0.101 e. The van der Waals surface area contributed by atoms with Gasteiger partial charge in [-0.05, 0) is 58.1 Å². The summed E-state index contributed by atoms with van der Waals surface area (Å²) in [6, 6.07) is 36.5. The van der Waals surface area contributed by atoms with E-state index in [1.165, 1.54) is 42.4 Å². The van der Waals surface area contributed by atoms with Gasteiger partial charge in [0, 0.05) is 38.1 Å². The van der Waals surface area contributed by atoms with Gasteiger partial charge in [0.05, 0.1) is 5.56 Å². The average molecular weight is 439 g/mol. The maximum absolute atomic E-state index is 9.14. The van der Waals surface area contributed by atoms with Crippen molar-refractivity contribution in [3.8, 4) is 39.4 Å². The van der Waals surface area contributed by atoms with Gasteiger partial charge in [-0.1, -0.05) is 66.7 Å². The van der Waals surface area contributed by atoms with E-state index in [4.69, 9.17) is 5.26 Å². The zero-order valence-corrected chi connectivity index (χ0v) is 18.5. The molecule has 33 heavy (non-hydrogen) atoms. The molecule has 154 valence electrons. The van der Waals surface area contributed by atoms with Crippen molar-refractivity contribution >= 4 is 31.5 Å². The Bertz CT molecular complexity index is 1660. The Labute approximate surface area is 196 Å². The molecular formula is C30H18N2S. The summed E-state index contributed by atoms with van der Waals surface area (Å²) in [5, 5.41) is 11.7. The standard InChI is InChI=1S/C30H18N2S/c31-17-20-14-26(19-32-18-20)23-8-6-22(7-9-23)25-11-13-30-28(16-25)27-15-24(10-12-29(27)33-30)21-4-2-1-3-5-21/h1-16,18-19H. The average Bonchev–Trinajstić information content (AvgIpc) is 3.26. The molecule has 0 bridgehead atoms. The number of nitrogens with zero attached hydrogens (tertiary/aromatic N) is 2. The van der Waals surface area contributed by atoms with Crippen LogP contribution in [0.1, 0.15) is 5.56 Å². The Kier molecular flexibility index (Phi) is 4.72. The summed E-state index contributed by atoms with van der Waals surface area (Å²) in [6.07, 6.45) is 3.38. The summed E-state index contributed by atoms with van der Waals surface area (Å²) in [7, 11) is 0. The summed E-state index contributed by atoms with van der Waals surface area (Å²) >= 11 is 1.84. The van der Waals surface area contributed by atoms with E-state index < -0.39 is 0 Å². The van der Waals surface area contributed by atoms with Gasteiger partial charge in [0.25, 0.3) is 0 Å². The predicted molar refractivity (Wildman–Crippen MR) is 138 cm³/mol. The lowest BCUT2D eigenvalue weighted by molar-refractivity contribution is 1.30. The summed E-state index contributed by atoms with van der Waals surface area (Å²) in [5.41, 5.74) is 7.42. The molecule has 2 aromatic heterocycles. The number of nitriles is 1. The van der Waals surface area contributed by atoms with E-state index in [9.17, 15) is 0 Å². The Morgan fingerprint density at radius 2 is 1.09 bits per heavy atom. The zero-order valence-electron chi connectivity index (χ0n) is 17.7. The molecule has 0 N–H and O–H groups in total. The maximum atomic E-state index is 9.14. The van der Waals surface area contributed by atoms with Gasteiger partial charge in [-0.2, -0.15) is 5.26 Å². The number of aromatic nitrogens is 1. The van der Waals surface area contributed by atoms with Crippen LogP contribution in [0.25, 0.3) is 53.6 Å². The Morgan fingerprint density at radius 3 is 1.70 bits per heavy atom. The fraction of sp³-hybridized carbons (Fsp3) is 0. The molecule has 0 radical (unpaired) electrons. The van der Waals surface area contributed by atoms with Crippen molar-refractivity contribution in [3.05, 3.63) is 115 Å². The zero-order chi connectivity index (χ0) is 22.2. The van der Waals surface area contributed by atoms with Crippen molar-refractivity contribution in [1.82, 2.24) is 4.98 Å². The van der Waals surface area contributed by atoms with Crippen LogP contribution in [-0.4, -0.2) is 4.98 Å². The second-order valence-corrected chi connectivity index (χ2v) is 9.13. The highest BCUT2D eigenvalue weighted by molar-refractivity contribution is 7.25. The molecule has 0 fully saturated rings. The van der Waals surface area contributed by atoms with Crippen LogP contribution in [0.15, 0.2) is 109 Å². The third-order valence-corrected chi connectivity index (χ3v) is 7.15. The predicted octanol–water partition coefficient (Wildman–Crippen LogP) is 8.32. The van der Waals surface area contributed by atoms with Gasteiger partial charge in [-0.15, -0.1) is 11.3 Å². The van der Waals surface area contributed by atoms with Crippen LogP contribution in [0.5, 0.6) is 0 Å². The fourth-order valence-corrected chi connectivity index (χ4v) is 5.35. The third kappa shape index (κ3) is 3.57. The minimum absolute atomic E-state index is 0.571. The summed E-state index contributed by atoms with van der Waals surface area (Å²) in [5.74, 6) is 0. The molecule has 0 atom stereocenters. The lowest BCUT2D eigenvalue weighted by Crippen LogP contribution is -1.84. The topological polar surface area (TPSA) is 36.7 Å². The number of hydrogen-bond acceptors (Lipinski definition) is 3. The highest BCUT2D eigenvalue weighted by Gasteiger charge is 2.09. The smallest absolute Gasteiger partial charge is 0.101 e. The van der Waals surface area contributed by atoms with Crippen molar-refractivity contribution in [2.75, 3.05) is 0 Å². The van der Waals surface area contributed by atoms with Gasteiger partial charge in [-0.3, -0.25) is 4.98 Å². The molecule has 0 spiro atoms. The van der Waals surface area contributed by atoms with Gasteiger partial charge >= 0.3 is 0 Å². The minimum Gasteiger partial charge on any atom is -0.263 e. The van der Waals surface area contributed by atoms with Crippen LogP contribution in [0.2, 0.25) is 0 Å². The first kappa shape index (κ1) is 19.4. The molecule has 0 aliphatic carbocycles. The molecule has 2 nitrogen and oxygen atoms in total. The molecule has 6 aromatic rings. The summed E-state index contributed by atoms with van der Waals surface area (Å²) in [4.78, 5) is 4.18. The largest absolute Gasteiger partial charge is 0.263 e. The van der Waals surface area contributed by atoms with Gasteiger partial charge < -0.3 is 0 Å². The molecule has 3 heteroatoms. The van der Waals surface area contributed by atoms with Crippen molar-refractivity contribution in [3.63, 3.8) is 0 Å². The molecule has 0 amide bonds. The monoisotopic (exact) mass is 438 g/mol. The SMILES string of the molecule is N#Cc1cncc(-c2ccc(-c3ccc4sc5ccc(-c6ccccc6)cc5c4c3)cc2)c1. The molecule has 0 aliphatic rings. The first-order valence-electron chi connectivity index (χ1n) is 10.8. The normalized spacial score (nSPS) is 11.0. The number of fused-ring (bicyclic) bond motifs is 3. The van der Waals surface area contributed by atoms with Crippen molar-refractivity contribution in [2.45, 2.75) is 0 Å². The van der Waals surface area contributed by atoms with Crippen LogP contribution < -0.4 is 0 Å². The van der Waals surface area contributed by atoms with Crippen LogP contribution in [0, 0.1) is 11.3 Å². The highest BCUT2D eigenvalue weighted by atomic mass is 32.1. The van der Waals surface area contributed by atoms with Crippen LogP contribution in [0.4, 0.5) is 0 Å². The number of rotatable bonds is 3. The van der Waals surface area contributed by atoms with E-state index in [-0.39, 0.29) is 0 Å². The Hall–Kier alpha value is -4.26. The lowest BCUT2D eigenvalue weighted by atomic mass is 9.98. The Morgan fingerprint density at radius 1 is 0.545 bits per heavy atom. The number of benzene rings is 4. The molecule has 0 saturated heterocycles. The van der Waals surface area contributed by atoms with Crippen LogP contribution in [0.3, 0.4) is 0 Å². The van der Waals surface area contributed by atoms with E-state index in [1.54, 1.807) is 12.4 Å². The molecule has 4 aromatic carbocycles. The quantitative estimate of drug-likeness (QED) is 0.278. The first-order chi connectivity index (χ1) is 16.3. The second kappa shape index (κ2) is 8.02. The molecule has 0 aliphatic heterocycles. The molecule has 6 rings (SSSR count). The van der Waals surface area contributed by atoms with Crippen LogP contribution >= 0.6 is 11.3 Å². The van der Waals surface area contributed by atoms with Gasteiger partial charge in [-0.25, -0.2) is 0 Å². The molecule has 0 unspecified atom stereocenters. The van der Waals surface area contributed by atoms with Gasteiger partial charge in [0.1, 0.15) is 6.07 Å². The first-order valence-corrected chi connectivity index (χ1v) is 11.6. The molecular weight excluding hydrogens is 420 g/mol. The van der Waals surface area contributed by atoms with E-state index >= 15 is 0 Å². The van der Waals surface area contributed by atoms with E-state index in [2.05, 4.69) is 102 Å². The van der Waals surface area contributed by atoms with Crippen molar-refractivity contribution < 1.29 is 0 Å². The van der Waals surface area contributed by atoms with E-state index in [0.717, 1.165) is 11.1 Å². The number of hydrogen-bond donors (Lipinski definition) is 0. The van der Waals surface area contributed by atoms with Crippen molar-refractivity contribution in [1.29, 1.82) is 5.26 Å². The number of pyridine rings is 1. The molecule has 2 heterocycles. The van der Waals surface area contributed by atoms with E-state index in [0.29, 0.717) is 5.56 Å². The third-order valence-electron chi connectivity index (χ3n) is 6.00. The van der Waals surface area contributed by atoms with Gasteiger partial charge in [0.2, 0.25) is 0 Å². The Balaban J connectivity index is 1.41.